The summed E-state index contributed by atoms with van der Waals surface area (Å²) in [5.74, 6) is -3.11. The first kappa shape index (κ1) is 22.4. The van der Waals surface area contributed by atoms with Gasteiger partial charge in [0.1, 0.15) is 5.82 Å². The van der Waals surface area contributed by atoms with Gasteiger partial charge in [-0.05, 0) is 49.7 Å². The van der Waals surface area contributed by atoms with Crippen molar-refractivity contribution in [2.24, 2.45) is 4.99 Å². The number of amides is 1. The Hall–Kier alpha value is -3.33. The van der Waals surface area contributed by atoms with Crippen LogP contribution in [0.1, 0.15) is 30.6 Å². The first-order valence-corrected chi connectivity index (χ1v) is 9.76. The van der Waals surface area contributed by atoms with Crippen LogP contribution in [-0.4, -0.2) is 28.1 Å². The van der Waals surface area contributed by atoms with E-state index >= 15 is 0 Å². The zero-order valence-corrected chi connectivity index (χ0v) is 17.4. The van der Waals surface area contributed by atoms with E-state index in [2.05, 4.69) is 25.8 Å². The number of guanidine groups is 1. The van der Waals surface area contributed by atoms with Gasteiger partial charge in [-0.25, -0.2) is 13.2 Å². The lowest BCUT2D eigenvalue weighted by Crippen LogP contribution is -2.38. The lowest BCUT2D eigenvalue weighted by atomic mass is 10.1. The number of carbonyl (C=O) groups excluding carboxylic acids is 1. The SMILES string of the molecule is CCC(C)N/C(=N/C(=O)c1ccc(F)c(F)c1)Nc1cc(-c2cc(F)cc(Cl)c2)[nH]n1. The number of hydrogen-bond acceptors (Lipinski definition) is 2. The smallest absolute Gasteiger partial charge is 0.280 e. The highest BCUT2D eigenvalue weighted by Crippen LogP contribution is 2.24. The summed E-state index contributed by atoms with van der Waals surface area (Å²) in [5.41, 5.74) is 0.858. The highest BCUT2D eigenvalue weighted by atomic mass is 35.5. The fraction of sp³-hybridized carbons (Fsp3) is 0.190. The molecule has 0 aliphatic carbocycles. The zero-order chi connectivity index (χ0) is 22.5. The predicted molar refractivity (Wildman–Crippen MR) is 114 cm³/mol. The van der Waals surface area contributed by atoms with Crippen LogP contribution in [0.25, 0.3) is 11.3 Å². The Morgan fingerprint density at radius 2 is 1.94 bits per heavy atom. The van der Waals surface area contributed by atoms with E-state index in [0.29, 0.717) is 17.1 Å². The second-order valence-electron chi connectivity index (χ2n) is 6.80. The first-order chi connectivity index (χ1) is 14.7. The van der Waals surface area contributed by atoms with E-state index in [9.17, 15) is 18.0 Å². The molecule has 6 nitrogen and oxygen atoms in total. The van der Waals surface area contributed by atoms with E-state index in [-0.39, 0.29) is 22.6 Å². The second-order valence-corrected chi connectivity index (χ2v) is 7.23. The predicted octanol–water partition coefficient (Wildman–Crippen LogP) is 5.14. The van der Waals surface area contributed by atoms with Crippen molar-refractivity contribution in [1.29, 1.82) is 0 Å². The molecule has 0 aliphatic rings. The van der Waals surface area contributed by atoms with Crippen molar-refractivity contribution in [3.05, 3.63) is 70.5 Å². The van der Waals surface area contributed by atoms with Gasteiger partial charge in [-0.3, -0.25) is 9.89 Å². The van der Waals surface area contributed by atoms with Gasteiger partial charge < -0.3 is 10.6 Å². The normalized spacial score (nSPS) is 12.5. The van der Waals surface area contributed by atoms with Crippen LogP contribution in [0.4, 0.5) is 19.0 Å². The van der Waals surface area contributed by atoms with E-state index in [1.807, 2.05) is 13.8 Å². The Morgan fingerprint density at radius 3 is 2.61 bits per heavy atom. The zero-order valence-electron chi connectivity index (χ0n) is 16.6. The number of aromatic nitrogens is 2. The summed E-state index contributed by atoms with van der Waals surface area (Å²) in [4.78, 5) is 16.4. The van der Waals surface area contributed by atoms with Gasteiger partial charge in [-0.15, -0.1) is 0 Å². The highest BCUT2D eigenvalue weighted by molar-refractivity contribution is 6.30. The van der Waals surface area contributed by atoms with Crippen molar-refractivity contribution < 1.29 is 18.0 Å². The van der Waals surface area contributed by atoms with E-state index in [1.54, 1.807) is 12.1 Å². The van der Waals surface area contributed by atoms with Crippen LogP contribution in [-0.2, 0) is 0 Å². The highest BCUT2D eigenvalue weighted by Gasteiger charge is 2.14. The fourth-order valence-electron chi connectivity index (χ4n) is 2.59. The Balaban J connectivity index is 1.86. The van der Waals surface area contributed by atoms with Crippen molar-refractivity contribution >= 4 is 29.3 Å². The first-order valence-electron chi connectivity index (χ1n) is 9.38. The number of aromatic amines is 1. The molecule has 1 aromatic heterocycles. The standard InChI is InChI=1S/C21H19ClF3N5O/c1-3-11(2)26-21(28-20(31)12-4-5-16(24)17(25)8-12)27-19-10-18(29-30-19)13-6-14(22)9-15(23)7-13/h4-11H,3H2,1-2H3,(H3,26,27,28,29,30,31). The Labute approximate surface area is 181 Å². The van der Waals surface area contributed by atoms with Gasteiger partial charge in [0.2, 0.25) is 5.96 Å². The molecule has 162 valence electrons. The molecule has 0 fully saturated rings. The number of rotatable bonds is 5. The molecule has 1 heterocycles. The molecule has 2 aromatic carbocycles. The van der Waals surface area contributed by atoms with Crippen LogP contribution in [0.3, 0.4) is 0 Å². The maximum atomic E-state index is 13.6. The van der Waals surface area contributed by atoms with Crippen molar-refractivity contribution in [2.75, 3.05) is 5.32 Å². The monoisotopic (exact) mass is 449 g/mol. The van der Waals surface area contributed by atoms with Gasteiger partial charge in [0.05, 0.1) is 5.69 Å². The van der Waals surface area contributed by atoms with Crippen LogP contribution in [0.15, 0.2) is 47.5 Å². The van der Waals surface area contributed by atoms with Gasteiger partial charge in [-0.1, -0.05) is 18.5 Å². The second kappa shape index (κ2) is 9.65. The number of nitrogens with one attached hydrogen (secondary N) is 3. The number of H-pyrrole nitrogens is 1. The van der Waals surface area contributed by atoms with Gasteiger partial charge in [0.15, 0.2) is 17.5 Å². The number of hydrogen-bond donors (Lipinski definition) is 3. The molecular weight excluding hydrogens is 431 g/mol. The topological polar surface area (TPSA) is 82.2 Å². The number of benzene rings is 2. The molecule has 1 amide bonds. The van der Waals surface area contributed by atoms with Crippen LogP contribution >= 0.6 is 11.6 Å². The molecule has 0 radical (unpaired) electrons. The number of carbonyl (C=O) groups is 1. The quantitative estimate of drug-likeness (QED) is 0.372. The van der Waals surface area contributed by atoms with Crippen LogP contribution in [0.2, 0.25) is 5.02 Å². The Kier molecular flexibility index (Phi) is 6.96. The van der Waals surface area contributed by atoms with Crippen LogP contribution in [0, 0.1) is 17.5 Å². The molecular formula is C21H19ClF3N5O. The summed E-state index contributed by atoms with van der Waals surface area (Å²) in [7, 11) is 0. The fourth-order valence-corrected chi connectivity index (χ4v) is 2.81. The summed E-state index contributed by atoms with van der Waals surface area (Å²) >= 11 is 5.89. The summed E-state index contributed by atoms with van der Waals surface area (Å²) in [6.45, 7) is 3.82. The van der Waals surface area contributed by atoms with Crippen LogP contribution < -0.4 is 10.6 Å². The molecule has 3 aromatic rings. The Morgan fingerprint density at radius 1 is 1.16 bits per heavy atom. The largest absolute Gasteiger partial charge is 0.353 e. The van der Waals surface area contributed by atoms with E-state index in [1.165, 1.54) is 12.1 Å². The molecule has 10 heteroatoms. The summed E-state index contributed by atoms with van der Waals surface area (Å²) in [5, 5.41) is 13.0. The molecule has 31 heavy (non-hydrogen) atoms. The summed E-state index contributed by atoms with van der Waals surface area (Å²) in [6.07, 6.45) is 0.730. The third-order valence-corrected chi connectivity index (χ3v) is 4.59. The lowest BCUT2D eigenvalue weighted by Gasteiger charge is -2.15. The molecule has 1 unspecified atom stereocenters. The lowest BCUT2D eigenvalue weighted by molar-refractivity contribution is 0.100. The summed E-state index contributed by atoms with van der Waals surface area (Å²) < 4.78 is 40.2. The minimum Gasteiger partial charge on any atom is -0.353 e. The number of nitrogens with zero attached hydrogens (tertiary/aromatic N) is 2. The molecule has 0 saturated heterocycles. The molecule has 0 bridgehead atoms. The number of halogens is 4. The van der Waals surface area contributed by atoms with Gasteiger partial charge >= 0.3 is 0 Å². The number of anilines is 1. The average molecular weight is 450 g/mol. The number of aliphatic imine (C=N–C) groups is 1. The molecule has 3 rings (SSSR count). The van der Waals surface area contributed by atoms with Gasteiger partial charge in [0, 0.05) is 28.3 Å². The van der Waals surface area contributed by atoms with Crippen molar-refractivity contribution in [3.8, 4) is 11.3 Å². The van der Waals surface area contributed by atoms with Gasteiger partial charge in [0.25, 0.3) is 5.91 Å². The average Bonchev–Trinajstić information content (AvgIpc) is 3.17. The Bertz CT molecular complexity index is 1110. The maximum absolute atomic E-state index is 13.6. The third kappa shape index (κ3) is 5.85. The van der Waals surface area contributed by atoms with Crippen molar-refractivity contribution in [3.63, 3.8) is 0 Å². The van der Waals surface area contributed by atoms with Crippen molar-refractivity contribution in [1.82, 2.24) is 15.5 Å². The summed E-state index contributed by atoms with van der Waals surface area (Å²) in [6, 6.07) is 8.37. The maximum Gasteiger partial charge on any atom is 0.280 e. The van der Waals surface area contributed by atoms with Gasteiger partial charge in [-0.2, -0.15) is 10.1 Å². The van der Waals surface area contributed by atoms with Crippen LogP contribution in [0.5, 0.6) is 0 Å². The molecule has 0 aliphatic heterocycles. The molecule has 3 N–H and O–H groups in total. The minimum absolute atomic E-state index is 0.0514. The van der Waals surface area contributed by atoms with E-state index in [0.717, 1.165) is 24.6 Å². The molecule has 0 spiro atoms. The third-order valence-electron chi connectivity index (χ3n) is 4.37. The molecule has 1 atom stereocenters. The minimum atomic E-state index is -1.14. The van der Waals surface area contributed by atoms with E-state index < -0.39 is 23.4 Å². The van der Waals surface area contributed by atoms with Crippen molar-refractivity contribution in [2.45, 2.75) is 26.3 Å². The molecule has 0 saturated carbocycles. The van der Waals surface area contributed by atoms with E-state index in [4.69, 9.17) is 11.6 Å².